The topological polar surface area (TPSA) is 39.9 Å². The van der Waals surface area contributed by atoms with E-state index in [0.717, 1.165) is 29.9 Å². The number of pyridine rings is 1. The third-order valence-corrected chi connectivity index (χ3v) is 3.41. The van der Waals surface area contributed by atoms with Crippen LogP contribution in [0.1, 0.15) is 37.8 Å². The van der Waals surface area contributed by atoms with Gasteiger partial charge in [-0.05, 0) is 45.2 Å². The number of hydrogen-bond acceptors (Lipinski definition) is 3. The molecule has 1 aromatic rings. The molecule has 0 aliphatic carbocycles. The molecule has 0 amide bonds. The largest absolute Gasteiger partial charge is 0.350 e. The number of rotatable bonds is 1. The fraction of sp³-hybridized carbons (Fsp3) is 0.538. The van der Waals surface area contributed by atoms with Gasteiger partial charge in [0.2, 0.25) is 0 Å². The van der Waals surface area contributed by atoms with Gasteiger partial charge in [-0.2, -0.15) is 5.26 Å². The van der Waals surface area contributed by atoms with E-state index in [1.54, 1.807) is 6.20 Å². The molecule has 1 aliphatic rings. The SMILES string of the molecule is Cc1ccnc(N2CCCC2(C)C)c1C#N. The Morgan fingerprint density at radius 3 is 2.81 bits per heavy atom. The van der Waals surface area contributed by atoms with E-state index >= 15 is 0 Å². The van der Waals surface area contributed by atoms with Crippen molar-refractivity contribution in [2.75, 3.05) is 11.4 Å². The van der Waals surface area contributed by atoms with Crippen molar-refractivity contribution < 1.29 is 0 Å². The van der Waals surface area contributed by atoms with Crippen LogP contribution in [-0.2, 0) is 0 Å². The summed E-state index contributed by atoms with van der Waals surface area (Å²) in [5.74, 6) is 0.852. The summed E-state index contributed by atoms with van der Waals surface area (Å²) in [5.41, 5.74) is 1.85. The zero-order valence-corrected chi connectivity index (χ0v) is 10.1. The maximum atomic E-state index is 9.21. The van der Waals surface area contributed by atoms with Crippen LogP contribution in [0.4, 0.5) is 5.82 Å². The van der Waals surface area contributed by atoms with Gasteiger partial charge in [0.05, 0.1) is 5.56 Å². The predicted octanol–water partition coefficient (Wildman–Crippen LogP) is 2.64. The molecule has 0 saturated carbocycles. The van der Waals surface area contributed by atoms with Gasteiger partial charge in [0.1, 0.15) is 11.9 Å². The van der Waals surface area contributed by atoms with Crippen LogP contribution in [0.3, 0.4) is 0 Å². The highest BCUT2D eigenvalue weighted by molar-refractivity contribution is 5.59. The average molecular weight is 215 g/mol. The first-order valence-electron chi connectivity index (χ1n) is 5.69. The monoisotopic (exact) mass is 215 g/mol. The number of aromatic nitrogens is 1. The Kier molecular flexibility index (Phi) is 2.59. The molecular weight excluding hydrogens is 198 g/mol. The molecule has 0 bridgehead atoms. The fourth-order valence-corrected chi connectivity index (χ4v) is 2.39. The molecule has 1 aromatic heterocycles. The normalized spacial score (nSPS) is 18.5. The van der Waals surface area contributed by atoms with Crippen molar-refractivity contribution in [3.05, 3.63) is 23.4 Å². The summed E-state index contributed by atoms with van der Waals surface area (Å²) in [4.78, 5) is 6.65. The summed E-state index contributed by atoms with van der Waals surface area (Å²) < 4.78 is 0. The molecule has 0 aromatic carbocycles. The highest BCUT2D eigenvalue weighted by Gasteiger charge is 2.34. The van der Waals surface area contributed by atoms with E-state index in [-0.39, 0.29) is 5.54 Å². The summed E-state index contributed by atoms with van der Waals surface area (Å²) in [6.45, 7) is 7.39. The van der Waals surface area contributed by atoms with Crippen molar-refractivity contribution in [3.8, 4) is 6.07 Å². The predicted molar refractivity (Wildman–Crippen MR) is 64.3 cm³/mol. The lowest BCUT2D eigenvalue weighted by molar-refractivity contribution is 0.514. The van der Waals surface area contributed by atoms with Crippen LogP contribution in [0.15, 0.2) is 12.3 Å². The van der Waals surface area contributed by atoms with Crippen LogP contribution in [0.2, 0.25) is 0 Å². The van der Waals surface area contributed by atoms with Gasteiger partial charge in [-0.15, -0.1) is 0 Å². The Morgan fingerprint density at radius 1 is 1.50 bits per heavy atom. The minimum Gasteiger partial charge on any atom is -0.350 e. The van der Waals surface area contributed by atoms with Crippen molar-refractivity contribution in [2.45, 2.75) is 39.2 Å². The molecule has 1 fully saturated rings. The first-order chi connectivity index (χ1) is 7.56. The van der Waals surface area contributed by atoms with Crippen molar-refractivity contribution in [2.24, 2.45) is 0 Å². The zero-order chi connectivity index (χ0) is 11.8. The first kappa shape index (κ1) is 10.9. The summed E-state index contributed by atoms with van der Waals surface area (Å²) >= 11 is 0. The molecule has 16 heavy (non-hydrogen) atoms. The smallest absolute Gasteiger partial charge is 0.147 e. The van der Waals surface area contributed by atoms with Crippen LogP contribution in [0.25, 0.3) is 0 Å². The minimum atomic E-state index is 0.117. The van der Waals surface area contributed by atoms with E-state index in [1.807, 2.05) is 13.0 Å². The van der Waals surface area contributed by atoms with Crippen LogP contribution < -0.4 is 4.90 Å². The Morgan fingerprint density at radius 2 is 2.25 bits per heavy atom. The third kappa shape index (κ3) is 1.65. The van der Waals surface area contributed by atoms with Gasteiger partial charge in [-0.25, -0.2) is 4.98 Å². The van der Waals surface area contributed by atoms with E-state index in [4.69, 9.17) is 0 Å². The van der Waals surface area contributed by atoms with Crippen molar-refractivity contribution >= 4 is 5.82 Å². The molecular formula is C13H17N3. The standard InChI is InChI=1S/C13H17N3/c1-10-5-7-15-12(11(10)9-14)16-8-4-6-13(16,2)3/h5,7H,4,6,8H2,1-3H3. The molecule has 0 spiro atoms. The summed E-state index contributed by atoms with van der Waals surface area (Å²) in [6.07, 6.45) is 4.13. The second-order valence-corrected chi connectivity index (χ2v) is 5.01. The molecule has 3 heteroatoms. The Balaban J connectivity index is 2.49. The number of nitriles is 1. The molecule has 3 nitrogen and oxygen atoms in total. The molecule has 0 atom stereocenters. The summed E-state index contributed by atoms with van der Waals surface area (Å²) in [7, 11) is 0. The van der Waals surface area contributed by atoms with E-state index in [1.165, 1.54) is 6.42 Å². The van der Waals surface area contributed by atoms with Gasteiger partial charge in [0.25, 0.3) is 0 Å². The lowest BCUT2D eigenvalue weighted by Crippen LogP contribution is -2.39. The average Bonchev–Trinajstić information content (AvgIpc) is 2.57. The van der Waals surface area contributed by atoms with E-state index in [0.29, 0.717) is 0 Å². The third-order valence-electron chi connectivity index (χ3n) is 3.41. The highest BCUT2D eigenvalue weighted by atomic mass is 15.3. The van der Waals surface area contributed by atoms with Gasteiger partial charge in [-0.3, -0.25) is 0 Å². The van der Waals surface area contributed by atoms with E-state index < -0.39 is 0 Å². The minimum absolute atomic E-state index is 0.117. The molecule has 1 aliphatic heterocycles. The maximum absolute atomic E-state index is 9.21. The first-order valence-corrected chi connectivity index (χ1v) is 5.69. The molecule has 0 unspecified atom stereocenters. The van der Waals surface area contributed by atoms with Gasteiger partial charge in [-0.1, -0.05) is 0 Å². The second-order valence-electron chi connectivity index (χ2n) is 5.01. The summed E-state index contributed by atoms with van der Waals surface area (Å²) in [5, 5.41) is 9.21. The zero-order valence-electron chi connectivity index (χ0n) is 10.1. The van der Waals surface area contributed by atoms with Crippen LogP contribution in [-0.4, -0.2) is 17.1 Å². The Hall–Kier alpha value is -1.56. The molecule has 1 saturated heterocycles. The quantitative estimate of drug-likeness (QED) is 0.723. The Labute approximate surface area is 96.7 Å². The van der Waals surface area contributed by atoms with Gasteiger partial charge in [0.15, 0.2) is 0 Å². The van der Waals surface area contributed by atoms with Crippen molar-refractivity contribution in [3.63, 3.8) is 0 Å². The van der Waals surface area contributed by atoms with E-state index in [9.17, 15) is 5.26 Å². The summed E-state index contributed by atoms with van der Waals surface area (Å²) in [6, 6.07) is 4.17. The lowest BCUT2D eigenvalue weighted by Gasteiger charge is -2.33. The number of hydrogen-bond donors (Lipinski definition) is 0. The number of nitrogens with zero attached hydrogens (tertiary/aromatic N) is 3. The molecule has 2 rings (SSSR count). The molecule has 0 N–H and O–H groups in total. The number of anilines is 1. The van der Waals surface area contributed by atoms with Crippen LogP contribution in [0, 0.1) is 18.3 Å². The van der Waals surface area contributed by atoms with Crippen LogP contribution in [0.5, 0.6) is 0 Å². The Bertz CT molecular complexity index is 443. The highest BCUT2D eigenvalue weighted by Crippen LogP contribution is 2.34. The fourth-order valence-electron chi connectivity index (χ4n) is 2.39. The van der Waals surface area contributed by atoms with Crippen molar-refractivity contribution in [1.82, 2.24) is 4.98 Å². The van der Waals surface area contributed by atoms with E-state index in [2.05, 4.69) is 29.8 Å². The lowest BCUT2D eigenvalue weighted by atomic mass is 10.0. The molecule has 0 radical (unpaired) electrons. The molecule has 2 heterocycles. The van der Waals surface area contributed by atoms with Crippen LogP contribution >= 0.6 is 0 Å². The maximum Gasteiger partial charge on any atom is 0.147 e. The van der Waals surface area contributed by atoms with Gasteiger partial charge in [0, 0.05) is 18.3 Å². The number of aryl methyl sites for hydroxylation is 1. The molecule has 84 valence electrons. The van der Waals surface area contributed by atoms with Crippen molar-refractivity contribution in [1.29, 1.82) is 5.26 Å². The van der Waals surface area contributed by atoms with Gasteiger partial charge >= 0.3 is 0 Å². The van der Waals surface area contributed by atoms with Gasteiger partial charge < -0.3 is 4.90 Å². The second kappa shape index (κ2) is 3.79.